The van der Waals surface area contributed by atoms with Gasteiger partial charge in [0.1, 0.15) is 0 Å². The number of thiazole rings is 1. The summed E-state index contributed by atoms with van der Waals surface area (Å²) in [7, 11) is 0. The number of fused-ring (bicyclic) bond motifs is 1. The van der Waals surface area contributed by atoms with Crippen LogP contribution >= 0.6 is 11.3 Å². The van der Waals surface area contributed by atoms with E-state index < -0.39 is 0 Å². The van der Waals surface area contributed by atoms with E-state index in [1.54, 1.807) is 0 Å². The topological polar surface area (TPSA) is 24.9 Å². The molecule has 4 rings (SSSR count). The van der Waals surface area contributed by atoms with E-state index in [-0.39, 0.29) is 0 Å². The van der Waals surface area contributed by atoms with Crippen LogP contribution in [0.4, 0.5) is 0 Å². The van der Waals surface area contributed by atoms with Gasteiger partial charge in [-0.15, -0.1) is 11.3 Å². The van der Waals surface area contributed by atoms with Gasteiger partial charge in [-0.2, -0.15) is 0 Å². The highest BCUT2D eigenvalue weighted by Gasteiger charge is 2.27. The van der Waals surface area contributed by atoms with Crippen molar-refractivity contribution in [2.75, 3.05) is 6.54 Å². The molecular formula is C14H16N2S. The predicted molar refractivity (Wildman–Crippen MR) is 71.6 cm³/mol. The van der Waals surface area contributed by atoms with Crippen molar-refractivity contribution in [3.05, 3.63) is 28.8 Å². The minimum absolute atomic E-state index is 0.561. The van der Waals surface area contributed by atoms with Crippen molar-refractivity contribution >= 4 is 21.6 Å². The van der Waals surface area contributed by atoms with Crippen molar-refractivity contribution < 1.29 is 0 Å². The summed E-state index contributed by atoms with van der Waals surface area (Å²) in [6.07, 6.45) is 5.26. The van der Waals surface area contributed by atoms with Crippen molar-refractivity contribution in [1.29, 1.82) is 0 Å². The van der Waals surface area contributed by atoms with Gasteiger partial charge in [0.25, 0.3) is 0 Å². The summed E-state index contributed by atoms with van der Waals surface area (Å²) in [6, 6.07) is 7.39. The van der Waals surface area contributed by atoms with Crippen molar-refractivity contribution in [3.8, 4) is 0 Å². The molecule has 1 aliphatic heterocycles. The largest absolute Gasteiger partial charge is 0.310 e. The molecule has 1 atom stereocenters. The van der Waals surface area contributed by atoms with Crippen molar-refractivity contribution in [2.24, 2.45) is 0 Å². The molecule has 0 spiro atoms. The summed E-state index contributed by atoms with van der Waals surface area (Å²) < 4.78 is 1.36. The van der Waals surface area contributed by atoms with Gasteiger partial charge < -0.3 is 5.32 Å². The lowest BCUT2D eigenvalue weighted by Gasteiger charge is -2.09. The van der Waals surface area contributed by atoms with E-state index in [1.807, 2.05) is 11.3 Å². The first kappa shape index (κ1) is 10.0. The Kier molecular flexibility index (Phi) is 2.24. The Morgan fingerprint density at radius 1 is 1.24 bits per heavy atom. The zero-order valence-corrected chi connectivity index (χ0v) is 10.6. The molecule has 1 N–H and O–H groups in total. The molecule has 2 nitrogen and oxygen atoms in total. The van der Waals surface area contributed by atoms with Gasteiger partial charge in [0.15, 0.2) is 0 Å². The van der Waals surface area contributed by atoms with Gasteiger partial charge in [-0.25, -0.2) is 4.98 Å². The normalized spacial score (nSPS) is 24.6. The molecule has 88 valence electrons. The molecule has 1 unspecified atom stereocenters. The molecule has 1 saturated carbocycles. The summed E-state index contributed by atoms with van der Waals surface area (Å²) >= 11 is 1.89. The van der Waals surface area contributed by atoms with E-state index in [9.17, 15) is 0 Å². The molecule has 17 heavy (non-hydrogen) atoms. The zero-order valence-electron chi connectivity index (χ0n) is 9.78. The van der Waals surface area contributed by atoms with Crippen LogP contribution in [0.5, 0.6) is 0 Å². The van der Waals surface area contributed by atoms with Gasteiger partial charge in [-0.1, -0.05) is 6.07 Å². The smallest absolute Gasteiger partial charge is 0.0969 e. The van der Waals surface area contributed by atoms with Crippen molar-refractivity contribution in [1.82, 2.24) is 10.3 Å². The number of nitrogens with zero attached hydrogens (tertiary/aromatic N) is 1. The standard InChI is InChI=1S/C14H16N2S/c1-2-11(15-7-1)10-5-6-13-12(8-10)16-14(17-13)9-3-4-9/h5-6,8-9,11,15H,1-4,7H2. The minimum Gasteiger partial charge on any atom is -0.310 e. The highest BCUT2D eigenvalue weighted by molar-refractivity contribution is 7.18. The summed E-state index contributed by atoms with van der Waals surface area (Å²) in [5, 5.41) is 4.91. The van der Waals surface area contributed by atoms with E-state index >= 15 is 0 Å². The molecule has 2 aliphatic rings. The number of rotatable bonds is 2. The maximum Gasteiger partial charge on any atom is 0.0969 e. The number of benzene rings is 1. The fraction of sp³-hybridized carbons (Fsp3) is 0.500. The third-order valence-electron chi connectivity index (χ3n) is 3.82. The molecule has 1 aromatic carbocycles. The van der Waals surface area contributed by atoms with E-state index in [0.717, 1.165) is 12.5 Å². The molecule has 1 aliphatic carbocycles. The van der Waals surface area contributed by atoms with Crippen molar-refractivity contribution in [2.45, 2.75) is 37.6 Å². The van der Waals surface area contributed by atoms with E-state index in [2.05, 4.69) is 23.5 Å². The van der Waals surface area contributed by atoms with Gasteiger partial charge in [0.2, 0.25) is 0 Å². The predicted octanol–water partition coefficient (Wildman–Crippen LogP) is 3.60. The average Bonchev–Trinajstić information content (AvgIpc) is 2.92. The Morgan fingerprint density at radius 3 is 2.94 bits per heavy atom. The van der Waals surface area contributed by atoms with Gasteiger partial charge in [-0.05, 0) is 49.9 Å². The number of nitrogens with one attached hydrogen (secondary N) is 1. The highest BCUT2D eigenvalue weighted by Crippen LogP contribution is 2.43. The van der Waals surface area contributed by atoms with Crippen LogP contribution in [0.15, 0.2) is 18.2 Å². The second-order valence-corrected chi connectivity index (χ2v) is 6.26. The fourth-order valence-electron chi connectivity index (χ4n) is 2.65. The molecular weight excluding hydrogens is 228 g/mol. The lowest BCUT2D eigenvalue weighted by Crippen LogP contribution is -2.12. The average molecular weight is 244 g/mol. The third kappa shape index (κ3) is 1.78. The Labute approximate surface area is 105 Å². The fourth-order valence-corrected chi connectivity index (χ4v) is 3.77. The summed E-state index contributed by atoms with van der Waals surface area (Å²) in [5.41, 5.74) is 2.63. The van der Waals surface area contributed by atoms with Gasteiger partial charge >= 0.3 is 0 Å². The Bertz CT molecular complexity index is 550. The Hall–Kier alpha value is -0.930. The molecule has 2 heterocycles. The Morgan fingerprint density at radius 2 is 2.18 bits per heavy atom. The monoisotopic (exact) mass is 244 g/mol. The van der Waals surface area contributed by atoms with Crippen LogP contribution in [0.2, 0.25) is 0 Å². The molecule has 0 bridgehead atoms. The molecule has 1 saturated heterocycles. The van der Waals surface area contributed by atoms with Gasteiger partial charge in [-0.3, -0.25) is 0 Å². The number of hydrogen-bond donors (Lipinski definition) is 1. The summed E-state index contributed by atoms with van der Waals surface area (Å²) in [6.45, 7) is 1.16. The van der Waals surface area contributed by atoms with Gasteiger partial charge in [0.05, 0.1) is 15.2 Å². The molecule has 2 aromatic rings. The highest BCUT2D eigenvalue weighted by atomic mass is 32.1. The van der Waals surface area contributed by atoms with Crippen LogP contribution in [-0.4, -0.2) is 11.5 Å². The first-order chi connectivity index (χ1) is 8.40. The van der Waals surface area contributed by atoms with Crippen LogP contribution in [0.25, 0.3) is 10.2 Å². The summed E-state index contributed by atoms with van der Waals surface area (Å²) in [5.74, 6) is 0.778. The second kappa shape index (κ2) is 3.79. The molecule has 3 heteroatoms. The maximum atomic E-state index is 4.80. The first-order valence-corrected chi connectivity index (χ1v) is 7.35. The SMILES string of the molecule is c1cc2sc(C3CC3)nc2cc1C1CCCN1. The third-order valence-corrected chi connectivity index (χ3v) is 5.02. The minimum atomic E-state index is 0.561. The zero-order chi connectivity index (χ0) is 11.2. The lowest BCUT2D eigenvalue weighted by molar-refractivity contribution is 0.648. The summed E-state index contributed by atoms with van der Waals surface area (Å²) in [4.78, 5) is 4.80. The molecule has 0 amide bonds. The number of hydrogen-bond acceptors (Lipinski definition) is 3. The molecule has 1 aromatic heterocycles. The van der Waals surface area contributed by atoms with Crippen LogP contribution in [0.1, 0.15) is 48.2 Å². The van der Waals surface area contributed by atoms with Crippen LogP contribution in [0.3, 0.4) is 0 Å². The van der Waals surface area contributed by atoms with Gasteiger partial charge in [0, 0.05) is 12.0 Å². The maximum absolute atomic E-state index is 4.80. The van der Waals surface area contributed by atoms with Crippen LogP contribution in [-0.2, 0) is 0 Å². The quantitative estimate of drug-likeness (QED) is 0.873. The van der Waals surface area contributed by atoms with E-state index in [1.165, 1.54) is 46.5 Å². The second-order valence-electron chi connectivity index (χ2n) is 5.20. The van der Waals surface area contributed by atoms with E-state index in [0.29, 0.717) is 6.04 Å². The van der Waals surface area contributed by atoms with Crippen LogP contribution in [0, 0.1) is 0 Å². The first-order valence-electron chi connectivity index (χ1n) is 6.54. The Balaban J connectivity index is 1.74. The van der Waals surface area contributed by atoms with E-state index in [4.69, 9.17) is 4.98 Å². The lowest BCUT2D eigenvalue weighted by atomic mass is 10.1. The number of aromatic nitrogens is 1. The van der Waals surface area contributed by atoms with Crippen LogP contribution < -0.4 is 5.32 Å². The molecule has 0 radical (unpaired) electrons. The molecule has 2 fully saturated rings. The van der Waals surface area contributed by atoms with Crippen molar-refractivity contribution in [3.63, 3.8) is 0 Å².